The topological polar surface area (TPSA) is 57.7 Å². The van der Waals surface area contributed by atoms with E-state index < -0.39 is 0 Å². The van der Waals surface area contributed by atoms with Crippen LogP contribution < -0.4 is 4.90 Å². The summed E-state index contributed by atoms with van der Waals surface area (Å²) in [5.41, 5.74) is 2.04. The molecule has 0 unspecified atom stereocenters. The number of imide groups is 1. The largest absolute Gasteiger partial charge is 0.339 e. The average molecular weight is 380 g/mol. The summed E-state index contributed by atoms with van der Waals surface area (Å²) in [7, 11) is 1.84. The number of carbonyl (C=O) groups is 3. The number of rotatable bonds is 3. The molecule has 0 radical (unpaired) electrons. The van der Waals surface area contributed by atoms with E-state index in [1.54, 1.807) is 24.3 Å². The van der Waals surface area contributed by atoms with Gasteiger partial charge in [-0.05, 0) is 44.7 Å². The Kier molecular flexibility index (Phi) is 5.09. The molecular formula is C23H28N2O3. The Morgan fingerprint density at radius 1 is 1.04 bits per heavy atom. The maximum atomic E-state index is 13.3. The van der Waals surface area contributed by atoms with Gasteiger partial charge in [0, 0.05) is 13.1 Å². The number of carbonyl (C=O) groups excluding carboxylic acids is 3. The van der Waals surface area contributed by atoms with Gasteiger partial charge >= 0.3 is 0 Å². The zero-order chi connectivity index (χ0) is 19.8. The molecule has 3 aliphatic rings. The van der Waals surface area contributed by atoms with Crippen LogP contribution >= 0.6 is 0 Å². The molecule has 1 saturated carbocycles. The van der Waals surface area contributed by atoms with Crippen molar-refractivity contribution in [2.75, 3.05) is 11.9 Å². The standard InChI is InChI=1S/C23H28N2O3/c1-15-12-13-17-19(14-15)23(28)25(22(17)27)20-11-7-6-10-18(20)21(26)24(2)16-8-4-3-5-9-16/h6-7,10-12,16-17,19H,3-5,8-9,13-14H2,1-2H3/t17-,19-/m1/s1. The Balaban J connectivity index is 1.64. The summed E-state index contributed by atoms with van der Waals surface area (Å²) < 4.78 is 0. The molecule has 1 heterocycles. The fourth-order valence-electron chi connectivity index (χ4n) is 4.95. The first-order chi connectivity index (χ1) is 13.5. The van der Waals surface area contributed by atoms with Crippen molar-refractivity contribution >= 4 is 23.4 Å². The first-order valence-corrected chi connectivity index (χ1v) is 10.4. The summed E-state index contributed by atoms with van der Waals surface area (Å²) in [5.74, 6) is -1.03. The van der Waals surface area contributed by atoms with Crippen LogP contribution in [0.15, 0.2) is 35.9 Å². The molecule has 28 heavy (non-hydrogen) atoms. The molecule has 2 fully saturated rings. The highest BCUT2D eigenvalue weighted by Crippen LogP contribution is 2.40. The lowest BCUT2D eigenvalue weighted by Crippen LogP contribution is -2.40. The van der Waals surface area contributed by atoms with Gasteiger partial charge in [-0.15, -0.1) is 0 Å². The third-order valence-corrected chi connectivity index (χ3v) is 6.64. The van der Waals surface area contributed by atoms with E-state index in [2.05, 4.69) is 6.08 Å². The van der Waals surface area contributed by atoms with Crippen LogP contribution in [0.25, 0.3) is 0 Å². The summed E-state index contributed by atoms with van der Waals surface area (Å²) >= 11 is 0. The van der Waals surface area contributed by atoms with Gasteiger partial charge in [0.15, 0.2) is 0 Å². The quantitative estimate of drug-likeness (QED) is 0.590. The van der Waals surface area contributed by atoms with Gasteiger partial charge < -0.3 is 4.90 Å². The predicted octanol–water partition coefficient (Wildman–Crippen LogP) is 3.94. The molecule has 1 aromatic carbocycles. The van der Waals surface area contributed by atoms with Crippen LogP contribution in [0.5, 0.6) is 0 Å². The molecule has 0 N–H and O–H groups in total. The number of nitrogens with zero attached hydrogens (tertiary/aromatic N) is 2. The summed E-state index contributed by atoms with van der Waals surface area (Å²) in [6, 6.07) is 7.29. The number of fused-ring (bicyclic) bond motifs is 1. The summed E-state index contributed by atoms with van der Waals surface area (Å²) in [4.78, 5) is 42.5. The Labute approximate surface area is 166 Å². The van der Waals surface area contributed by atoms with Crippen molar-refractivity contribution in [3.8, 4) is 0 Å². The van der Waals surface area contributed by atoms with Gasteiger partial charge in [-0.3, -0.25) is 14.4 Å². The molecule has 5 nitrogen and oxygen atoms in total. The Morgan fingerprint density at radius 3 is 2.46 bits per heavy atom. The predicted molar refractivity (Wildman–Crippen MR) is 108 cm³/mol. The van der Waals surface area contributed by atoms with Crippen LogP contribution in [0.1, 0.15) is 62.2 Å². The van der Waals surface area contributed by atoms with Gasteiger partial charge in [0.25, 0.3) is 5.91 Å². The number of hydrogen-bond acceptors (Lipinski definition) is 3. The van der Waals surface area contributed by atoms with E-state index >= 15 is 0 Å². The van der Waals surface area contributed by atoms with Gasteiger partial charge in [0.2, 0.25) is 11.8 Å². The third kappa shape index (κ3) is 3.17. The highest BCUT2D eigenvalue weighted by atomic mass is 16.2. The molecule has 5 heteroatoms. The fourth-order valence-corrected chi connectivity index (χ4v) is 4.95. The lowest BCUT2D eigenvalue weighted by molar-refractivity contribution is -0.122. The molecule has 1 aliphatic heterocycles. The SMILES string of the molecule is CC1=CC[C@H]2C(=O)N(c3ccccc3C(=O)N(C)C3CCCCC3)C(=O)[C@@H]2C1. The number of para-hydroxylation sites is 1. The highest BCUT2D eigenvalue weighted by Gasteiger charge is 2.49. The Morgan fingerprint density at radius 2 is 1.71 bits per heavy atom. The van der Waals surface area contributed by atoms with E-state index in [9.17, 15) is 14.4 Å². The molecule has 1 aromatic rings. The van der Waals surface area contributed by atoms with Gasteiger partial charge in [-0.2, -0.15) is 0 Å². The summed E-state index contributed by atoms with van der Waals surface area (Å²) in [6.45, 7) is 2.01. The second-order valence-corrected chi connectivity index (χ2v) is 8.44. The zero-order valence-corrected chi connectivity index (χ0v) is 16.7. The first-order valence-electron chi connectivity index (χ1n) is 10.4. The lowest BCUT2D eigenvalue weighted by Gasteiger charge is -2.32. The van der Waals surface area contributed by atoms with E-state index in [1.165, 1.54) is 11.3 Å². The molecule has 2 aliphatic carbocycles. The van der Waals surface area contributed by atoms with E-state index in [0.29, 0.717) is 24.1 Å². The minimum Gasteiger partial charge on any atom is -0.339 e. The molecule has 0 bridgehead atoms. The molecule has 4 rings (SSSR count). The normalized spacial score (nSPS) is 25.5. The molecule has 0 aromatic heterocycles. The molecular weight excluding hydrogens is 352 g/mol. The number of anilines is 1. The average Bonchev–Trinajstić information content (AvgIpc) is 2.97. The van der Waals surface area contributed by atoms with Crippen LogP contribution in [0.2, 0.25) is 0 Å². The summed E-state index contributed by atoms with van der Waals surface area (Å²) in [6.07, 6.45) is 8.83. The van der Waals surface area contributed by atoms with Gasteiger partial charge in [0.1, 0.15) is 0 Å². The molecule has 1 saturated heterocycles. The van der Waals surface area contributed by atoms with Crippen LogP contribution in [-0.4, -0.2) is 35.7 Å². The van der Waals surface area contributed by atoms with Crippen molar-refractivity contribution < 1.29 is 14.4 Å². The van der Waals surface area contributed by atoms with Crippen molar-refractivity contribution in [2.45, 2.75) is 57.9 Å². The number of amides is 3. The monoisotopic (exact) mass is 380 g/mol. The highest BCUT2D eigenvalue weighted by molar-refractivity contribution is 6.24. The van der Waals surface area contributed by atoms with Crippen molar-refractivity contribution in [2.24, 2.45) is 11.8 Å². The van der Waals surface area contributed by atoms with Crippen molar-refractivity contribution in [1.82, 2.24) is 4.90 Å². The van der Waals surface area contributed by atoms with Crippen LogP contribution in [-0.2, 0) is 9.59 Å². The van der Waals surface area contributed by atoms with E-state index in [0.717, 1.165) is 31.3 Å². The Hall–Kier alpha value is -2.43. The third-order valence-electron chi connectivity index (χ3n) is 6.64. The first kappa shape index (κ1) is 18.9. The minimum atomic E-state index is -0.296. The second-order valence-electron chi connectivity index (χ2n) is 8.44. The van der Waals surface area contributed by atoms with E-state index in [1.807, 2.05) is 18.9 Å². The molecule has 2 atom stereocenters. The molecule has 148 valence electrons. The van der Waals surface area contributed by atoms with Gasteiger partial charge in [-0.1, -0.05) is 43.0 Å². The van der Waals surface area contributed by atoms with Crippen LogP contribution in [0.3, 0.4) is 0 Å². The molecule has 3 amide bonds. The number of hydrogen-bond donors (Lipinski definition) is 0. The van der Waals surface area contributed by atoms with Crippen LogP contribution in [0.4, 0.5) is 5.69 Å². The number of benzene rings is 1. The number of allylic oxidation sites excluding steroid dienone is 2. The zero-order valence-electron chi connectivity index (χ0n) is 16.7. The van der Waals surface area contributed by atoms with Crippen molar-refractivity contribution in [3.63, 3.8) is 0 Å². The maximum absolute atomic E-state index is 13.3. The van der Waals surface area contributed by atoms with Crippen molar-refractivity contribution in [3.05, 3.63) is 41.5 Å². The van der Waals surface area contributed by atoms with Gasteiger partial charge in [-0.25, -0.2) is 4.90 Å². The van der Waals surface area contributed by atoms with Crippen LogP contribution in [0, 0.1) is 11.8 Å². The van der Waals surface area contributed by atoms with E-state index in [4.69, 9.17) is 0 Å². The fraction of sp³-hybridized carbons (Fsp3) is 0.522. The maximum Gasteiger partial charge on any atom is 0.255 e. The van der Waals surface area contributed by atoms with Crippen molar-refractivity contribution in [1.29, 1.82) is 0 Å². The minimum absolute atomic E-state index is 0.104. The second kappa shape index (κ2) is 7.53. The Bertz CT molecular complexity index is 838. The van der Waals surface area contributed by atoms with Gasteiger partial charge in [0.05, 0.1) is 23.1 Å². The lowest BCUT2D eigenvalue weighted by atomic mass is 9.82. The smallest absolute Gasteiger partial charge is 0.255 e. The molecule has 0 spiro atoms. The summed E-state index contributed by atoms with van der Waals surface area (Å²) in [5, 5.41) is 0. The van der Waals surface area contributed by atoms with E-state index in [-0.39, 0.29) is 35.6 Å².